The fraction of sp³-hybridized carbons (Fsp3) is 0.350. The zero-order valence-electron chi connectivity index (χ0n) is 17.5. The smallest absolute Gasteiger partial charge is 0.271 e. The van der Waals surface area contributed by atoms with E-state index in [0.29, 0.717) is 0 Å². The maximum atomic E-state index is 12.7. The summed E-state index contributed by atoms with van der Waals surface area (Å²) in [5, 5.41) is 13.9. The van der Waals surface area contributed by atoms with Crippen molar-refractivity contribution in [3.8, 4) is 5.75 Å². The van der Waals surface area contributed by atoms with E-state index in [1.807, 2.05) is 32.0 Å². The van der Waals surface area contributed by atoms with Gasteiger partial charge in [0.25, 0.3) is 5.69 Å². The summed E-state index contributed by atoms with van der Waals surface area (Å²) in [5.74, 6) is -0.455. The van der Waals surface area contributed by atoms with Gasteiger partial charge in [-0.1, -0.05) is 23.8 Å². The SMILES string of the molecule is COc1ccc([N+](=O)[O-])cc1N(CC(=O)N[C@H](C)c1cc(C)ccc1C)S(C)(=O)=O. The molecular formula is C20H25N3O6S. The predicted octanol–water partition coefficient (Wildman–Crippen LogP) is 2.86. The highest BCUT2D eigenvalue weighted by atomic mass is 32.2. The van der Waals surface area contributed by atoms with Gasteiger partial charge in [0.05, 0.1) is 24.3 Å². The number of aryl methyl sites for hydroxylation is 2. The fourth-order valence-electron chi connectivity index (χ4n) is 3.09. The lowest BCUT2D eigenvalue weighted by molar-refractivity contribution is -0.384. The average molecular weight is 436 g/mol. The third kappa shape index (κ3) is 5.47. The van der Waals surface area contributed by atoms with E-state index in [4.69, 9.17) is 4.74 Å². The number of carbonyl (C=O) groups is 1. The second-order valence-electron chi connectivity index (χ2n) is 7.03. The van der Waals surface area contributed by atoms with Gasteiger partial charge in [-0.3, -0.25) is 19.2 Å². The monoisotopic (exact) mass is 435 g/mol. The van der Waals surface area contributed by atoms with Gasteiger partial charge in [-0.2, -0.15) is 0 Å². The topological polar surface area (TPSA) is 119 Å². The summed E-state index contributed by atoms with van der Waals surface area (Å²) in [5.41, 5.74) is 2.55. The normalized spacial score (nSPS) is 12.2. The summed E-state index contributed by atoms with van der Waals surface area (Å²) in [7, 11) is -2.62. The van der Waals surface area contributed by atoms with E-state index < -0.39 is 27.4 Å². The third-order valence-corrected chi connectivity index (χ3v) is 5.73. The second-order valence-corrected chi connectivity index (χ2v) is 8.94. The molecule has 1 amide bonds. The van der Waals surface area contributed by atoms with Crippen LogP contribution in [0.25, 0.3) is 0 Å². The quantitative estimate of drug-likeness (QED) is 0.503. The summed E-state index contributed by atoms with van der Waals surface area (Å²) >= 11 is 0. The second kappa shape index (κ2) is 9.12. The Morgan fingerprint density at radius 3 is 2.47 bits per heavy atom. The summed E-state index contributed by atoms with van der Waals surface area (Å²) in [6.07, 6.45) is 0.923. The Labute approximate surface area is 175 Å². The molecule has 0 unspecified atom stereocenters. The zero-order valence-corrected chi connectivity index (χ0v) is 18.3. The van der Waals surface area contributed by atoms with Crippen LogP contribution in [0, 0.1) is 24.0 Å². The van der Waals surface area contributed by atoms with E-state index in [1.165, 1.54) is 19.2 Å². The first kappa shape index (κ1) is 23.1. The van der Waals surface area contributed by atoms with Gasteiger partial charge in [-0.05, 0) is 38.0 Å². The number of nitro groups is 1. The molecule has 162 valence electrons. The number of nitrogens with one attached hydrogen (secondary N) is 1. The highest BCUT2D eigenvalue weighted by Crippen LogP contribution is 2.33. The van der Waals surface area contributed by atoms with Crippen LogP contribution in [-0.4, -0.2) is 39.2 Å². The minimum Gasteiger partial charge on any atom is -0.495 e. The van der Waals surface area contributed by atoms with E-state index in [2.05, 4.69) is 5.32 Å². The maximum Gasteiger partial charge on any atom is 0.271 e. The van der Waals surface area contributed by atoms with E-state index in [1.54, 1.807) is 6.92 Å². The molecule has 0 saturated carbocycles. The molecule has 10 heteroatoms. The van der Waals surface area contributed by atoms with Gasteiger partial charge in [0, 0.05) is 12.1 Å². The largest absolute Gasteiger partial charge is 0.495 e. The molecule has 0 fully saturated rings. The maximum absolute atomic E-state index is 12.7. The molecule has 1 atom stereocenters. The minimum atomic E-state index is -3.93. The Morgan fingerprint density at radius 1 is 1.23 bits per heavy atom. The van der Waals surface area contributed by atoms with Crippen molar-refractivity contribution < 1.29 is 22.9 Å². The van der Waals surface area contributed by atoms with Gasteiger partial charge in [0.2, 0.25) is 15.9 Å². The number of methoxy groups -OCH3 is 1. The molecule has 0 aliphatic carbocycles. The molecular weight excluding hydrogens is 410 g/mol. The molecule has 0 bridgehead atoms. The Hall–Kier alpha value is -3.14. The lowest BCUT2D eigenvalue weighted by Crippen LogP contribution is -2.41. The zero-order chi connectivity index (χ0) is 22.6. The van der Waals surface area contributed by atoms with Crippen molar-refractivity contribution in [1.29, 1.82) is 0 Å². The molecule has 0 aliphatic rings. The molecule has 0 aromatic heterocycles. The number of sulfonamides is 1. The molecule has 9 nitrogen and oxygen atoms in total. The van der Waals surface area contributed by atoms with Crippen LogP contribution in [-0.2, 0) is 14.8 Å². The Balaban J connectivity index is 2.34. The van der Waals surface area contributed by atoms with Gasteiger partial charge in [0.1, 0.15) is 18.0 Å². The Bertz CT molecular complexity index is 1070. The summed E-state index contributed by atoms with van der Waals surface area (Å²) < 4.78 is 30.7. The molecule has 0 aliphatic heterocycles. The van der Waals surface area contributed by atoms with Crippen LogP contribution < -0.4 is 14.4 Å². The molecule has 0 radical (unpaired) electrons. The van der Waals surface area contributed by atoms with Crippen molar-refractivity contribution >= 4 is 27.3 Å². The van der Waals surface area contributed by atoms with Crippen LogP contribution in [0.3, 0.4) is 0 Å². The molecule has 1 N–H and O–H groups in total. The number of benzene rings is 2. The van der Waals surface area contributed by atoms with Gasteiger partial charge in [-0.15, -0.1) is 0 Å². The molecule has 2 aromatic rings. The standard InChI is InChI=1S/C20H25N3O6S/c1-13-6-7-14(2)17(10-13)15(3)21-20(24)12-22(30(5,27)28)18-11-16(23(25)26)8-9-19(18)29-4/h6-11,15H,12H2,1-5H3,(H,21,24)/t15-/m1/s1. The first-order chi connectivity index (χ1) is 13.9. The molecule has 0 heterocycles. The van der Waals surface area contributed by atoms with Crippen molar-refractivity contribution in [2.45, 2.75) is 26.8 Å². The molecule has 2 rings (SSSR count). The predicted molar refractivity (Wildman–Crippen MR) is 114 cm³/mol. The Kier molecular flexibility index (Phi) is 7.04. The van der Waals surface area contributed by atoms with Gasteiger partial charge in [-0.25, -0.2) is 8.42 Å². The number of non-ortho nitro benzene ring substituents is 1. The van der Waals surface area contributed by atoms with Crippen molar-refractivity contribution in [3.05, 3.63) is 63.2 Å². The van der Waals surface area contributed by atoms with E-state index in [-0.39, 0.29) is 23.2 Å². The minimum absolute atomic E-state index is 0.0799. The number of nitrogens with zero attached hydrogens (tertiary/aromatic N) is 2. The highest BCUT2D eigenvalue weighted by Gasteiger charge is 2.27. The number of amides is 1. The van der Waals surface area contributed by atoms with Crippen molar-refractivity contribution in [1.82, 2.24) is 5.32 Å². The van der Waals surface area contributed by atoms with Crippen LogP contribution in [0.2, 0.25) is 0 Å². The van der Waals surface area contributed by atoms with Crippen LogP contribution in [0.15, 0.2) is 36.4 Å². The first-order valence-corrected chi connectivity index (χ1v) is 11.0. The number of hydrogen-bond donors (Lipinski definition) is 1. The molecule has 0 saturated heterocycles. The Morgan fingerprint density at radius 2 is 1.90 bits per heavy atom. The first-order valence-electron chi connectivity index (χ1n) is 9.10. The number of hydrogen-bond acceptors (Lipinski definition) is 6. The lowest BCUT2D eigenvalue weighted by atomic mass is 10.00. The fourth-order valence-corrected chi connectivity index (χ4v) is 3.94. The van der Waals surface area contributed by atoms with Gasteiger partial charge >= 0.3 is 0 Å². The number of nitro benzene ring substituents is 1. The number of carbonyl (C=O) groups excluding carboxylic acids is 1. The number of ether oxygens (including phenoxy) is 1. The molecule has 0 spiro atoms. The van der Waals surface area contributed by atoms with Crippen LogP contribution in [0.5, 0.6) is 5.75 Å². The lowest BCUT2D eigenvalue weighted by Gasteiger charge is -2.25. The van der Waals surface area contributed by atoms with E-state index in [0.717, 1.165) is 33.3 Å². The van der Waals surface area contributed by atoms with Crippen molar-refractivity contribution in [2.75, 3.05) is 24.2 Å². The summed E-state index contributed by atoms with van der Waals surface area (Å²) in [6, 6.07) is 9.08. The van der Waals surface area contributed by atoms with Crippen LogP contribution >= 0.6 is 0 Å². The van der Waals surface area contributed by atoms with Gasteiger partial charge < -0.3 is 10.1 Å². The van der Waals surface area contributed by atoms with Crippen molar-refractivity contribution in [2.24, 2.45) is 0 Å². The van der Waals surface area contributed by atoms with Crippen LogP contribution in [0.1, 0.15) is 29.7 Å². The third-order valence-electron chi connectivity index (χ3n) is 4.61. The number of anilines is 1. The average Bonchev–Trinajstić information content (AvgIpc) is 2.66. The molecule has 2 aromatic carbocycles. The summed E-state index contributed by atoms with van der Waals surface area (Å²) in [4.78, 5) is 23.2. The summed E-state index contributed by atoms with van der Waals surface area (Å²) in [6.45, 7) is 5.12. The van der Waals surface area contributed by atoms with E-state index >= 15 is 0 Å². The van der Waals surface area contributed by atoms with E-state index in [9.17, 15) is 23.3 Å². The molecule has 30 heavy (non-hydrogen) atoms. The van der Waals surface area contributed by atoms with Crippen molar-refractivity contribution in [3.63, 3.8) is 0 Å². The van der Waals surface area contributed by atoms with Crippen LogP contribution in [0.4, 0.5) is 11.4 Å². The number of rotatable bonds is 8. The van der Waals surface area contributed by atoms with Gasteiger partial charge in [0.15, 0.2) is 0 Å². The highest BCUT2D eigenvalue weighted by molar-refractivity contribution is 7.92.